The number of amides is 4. The number of benzene rings is 2. The normalized spacial score (nSPS) is 31.1. The first-order valence-electron chi connectivity index (χ1n) is 13.2. The molecule has 4 amide bonds. The highest BCUT2D eigenvalue weighted by Crippen LogP contribution is 2.66. The second-order valence-corrected chi connectivity index (χ2v) is 13.7. The van der Waals surface area contributed by atoms with Crippen LogP contribution >= 0.6 is 55.1 Å². The number of anilines is 1. The Labute approximate surface area is 276 Å². The van der Waals surface area contributed by atoms with Crippen molar-refractivity contribution in [3.63, 3.8) is 0 Å². The number of hydrogen-bond donors (Lipinski definition) is 3. The van der Waals surface area contributed by atoms with E-state index in [9.17, 15) is 39.3 Å². The number of hydrogen-bond acceptors (Lipinski definition) is 8. The molecule has 0 bridgehead atoms. The van der Waals surface area contributed by atoms with Crippen LogP contribution in [0.5, 0.6) is 17.2 Å². The first kappa shape index (κ1) is 30.9. The van der Waals surface area contributed by atoms with Crippen LogP contribution in [0.15, 0.2) is 46.5 Å². The first-order valence-corrected chi connectivity index (χ1v) is 15.9. The van der Waals surface area contributed by atoms with Crippen molar-refractivity contribution in [3.05, 3.63) is 57.6 Å². The number of nitrogens with zero attached hydrogens (tertiary/aromatic N) is 2. The summed E-state index contributed by atoms with van der Waals surface area (Å²) in [5.74, 6) is -8.60. The Bertz CT molecular complexity index is 1730. The number of carbonyl (C=O) groups excluding carboxylic acids is 4. The third kappa shape index (κ3) is 3.95. The summed E-state index contributed by atoms with van der Waals surface area (Å²) in [4.78, 5) is 64.6. The molecule has 0 radical (unpaired) electrons. The molecule has 15 heteroatoms. The molecule has 6 atom stereocenters. The van der Waals surface area contributed by atoms with Crippen molar-refractivity contribution in [1.82, 2.24) is 4.90 Å². The van der Waals surface area contributed by atoms with Gasteiger partial charge in [0.1, 0.15) is 11.3 Å². The molecular formula is C29H22Br2Cl2N2O9. The molecule has 230 valence electrons. The van der Waals surface area contributed by atoms with E-state index >= 15 is 0 Å². The molecule has 2 heterocycles. The van der Waals surface area contributed by atoms with Crippen molar-refractivity contribution >= 4 is 90.3 Å². The van der Waals surface area contributed by atoms with Crippen LogP contribution in [0.1, 0.15) is 34.7 Å². The van der Waals surface area contributed by atoms with Crippen LogP contribution < -0.4 is 9.64 Å². The van der Waals surface area contributed by atoms with Gasteiger partial charge in [-0.15, -0.1) is 23.2 Å². The third-order valence-corrected chi connectivity index (χ3v) is 11.6. The van der Waals surface area contributed by atoms with E-state index in [1.54, 1.807) is 6.08 Å². The maximum Gasteiger partial charge on any atom is 0.339 e. The number of aromatic carboxylic acids is 1. The highest BCUT2D eigenvalue weighted by molar-refractivity contribution is 9.10. The number of likely N-dealkylation sites (tertiary alicyclic amines) is 1. The zero-order valence-electron chi connectivity index (χ0n) is 22.6. The van der Waals surface area contributed by atoms with Crippen molar-refractivity contribution in [2.45, 2.75) is 28.5 Å². The molecule has 6 unspecified atom stereocenters. The summed E-state index contributed by atoms with van der Waals surface area (Å²) < 4.78 is 5.56. The van der Waals surface area contributed by atoms with Gasteiger partial charge in [0.15, 0.2) is 21.2 Å². The van der Waals surface area contributed by atoms with Gasteiger partial charge in [-0.3, -0.25) is 24.1 Å². The average molecular weight is 773 g/mol. The third-order valence-electron chi connectivity index (χ3n) is 9.09. The molecule has 4 aliphatic rings. The Hall–Kier alpha value is -3.13. The van der Waals surface area contributed by atoms with Crippen LogP contribution in [0.25, 0.3) is 0 Å². The zero-order chi connectivity index (χ0) is 32.0. The number of methoxy groups -OCH3 is 1. The van der Waals surface area contributed by atoms with Gasteiger partial charge in [-0.05, 0) is 64.5 Å². The molecule has 2 saturated heterocycles. The number of phenolic OH excluding ortho intramolecular Hbond substituents is 1. The quantitative estimate of drug-likeness (QED) is 0.172. The maximum absolute atomic E-state index is 14.1. The fraction of sp³-hybridized carbons (Fsp3) is 0.345. The predicted molar refractivity (Wildman–Crippen MR) is 163 cm³/mol. The van der Waals surface area contributed by atoms with Gasteiger partial charge in [0.2, 0.25) is 11.8 Å². The lowest BCUT2D eigenvalue weighted by Crippen LogP contribution is -2.60. The predicted octanol–water partition coefficient (Wildman–Crippen LogP) is 4.48. The molecule has 44 heavy (non-hydrogen) atoms. The summed E-state index contributed by atoms with van der Waals surface area (Å²) in [7, 11) is 1.34. The smallest absolute Gasteiger partial charge is 0.339 e. The van der Waals surface area contributed by atoms with Gasteiger partial charge in [-0.25, -0.2) is 9.69 Å². The number of alkyl halides is 3. The minimum absolute atomic E-state index is 0.0112. The Morgan fingerprint density at radius 2 is 1.77 bits per heavy atom. The topological polar surface area (TPSA) is 162 Å². The summed E-state index contributed by atoms with van der Waals surface area (Å²) in [6, 6.07) is 6.41. The summed E-state index contributed by atoms with van der Waals surface area (Å²) in [5.41, 5.74) is 0.314. The summed E-state index contributed by atoms with van der Waals surface area (Å²) in [6.07, 6.45) is 1.61. The van der Waals surface area contributed by atoms with E-state index in [2.05, 4.69) is 31.9 Å². The number of rotatable bonds is 5. The first-order chi connectivity index (χ1) is 20.7. The molecule has 2 aliphatic carbocycles. The van der Waals surface area contributed by atoms with Crippen LogP contribution in [0.4, 0.5) is 5.69 Å². The zero-order valence-corrected chi connectivity index (χ0v) is 27.3. The minimum atomic E-state index is -2.04. The Kier molecular flexibility index (Phi) is 7.34. The molecule has 0 aromatic heterocycles. The number of halogens is 4. The van der Waals surface area contributed by atoms with E-state index in [1.165, 1.54) is 25.3 Å². The van der Waals surface area contributed by atoms with Gasteiger partial charge in [0.25, 0.3) is 11.8 Å². The van der Waals surface area contributed by atoms with Gasteiger partial charge in [0, 0.05) is 12.0 Å². The lowest BCUT2D eigenvalue weighted by Gasteiger charge is -2.50. The Morgan fingerprint density at radius 3 is 2.39 bits per heavy atom. The molecule has 2 aromatic rings. The fourth-order valence-electron chi connectivity index (χ4n) is 7.14. The van der Waals surface area contributed by atoms with Crippen molar-refractivity contribution < 1.29 is 44.0 Å². The molecule has 6 rings (SSSR count). The number of carboxylic acid groups (broad SMARTS) is 1. The SMILES string of the molecule is COc1cc(C2C3=CCC4C(=O)N(c5ccc(C(=O)O)c(O)c5)C(=O)C4C3CC3(Cl)C(=O)N(CBr)C(=O)C23Cl)cc(Br)c1O. The van der Waals surface area contributed by atoms with E-state index in [1.807, 2.05) is 0 Å². The number of carboxylic acids is 1. The number of carbonyl (C=O) groups is 5. The Morgan fingerprint density at radius 1 is 1.07 bits per heavy atom. The lowest BCUT2D eigenvalue weighted by molar-refractivity contribution is -0.138. The maximum atomic E-state index is 14.1. The number of phenols is 2. The summed E-state index contributed by atoms with van der Waals surface area (Å²) in [6.45, 7) is 0. The lowest BCUT2D eigenvalue weighted by atomic mass is 9.56. The monoisotopic (exact) mass is 770 g/mol. The van der Waals surface area contributed by atoms with E-state index < -0.39 is 74.3 Å². The van der Waals surface area contributed by atoms with Crippen LogP contribution in [0.2, 0.25) is 0 Å². The van der Waals surface area contributed by atoms with Crippen molar-refractivity contribution in [1.29, 1.82) is 0 Å². The average Bonchev–Trinajstić information content (AvgIpc) is 3.31. The molecule has 3 fully saturated rings. The molecule has 1 saturated carbocycles. The van der Waals surface area contributed by atoms with E-state index in [0.29, 0.717) is 11.1 Å². The highest BCUT2D eigenvalue weighted by Gasteiger charge is 2.76. The molecule has 11 nitrogen and oxygen atoms in total. The second-order valence-electron chi connectivity index (χ2n) is 11.1. The van der Waals surface area contributed by atoms with Crippen LogP contribution in [-0.2, 0) is 19.2 Å². The molecule has 0 spiro atoms. The van der Waals surface area contributed by atoms with Gasteiger partial charge in [-0.2, -0.15) is 0 Å². The number of fused-ring (bicyclic) bond motifs is 4. The van der Waals surface area contributed by atoms with Gasteiger partial charge >= 0.3 is 5.97 Å². The molecule has 2 aromatic carbocycles. The summed E-state index contributed by atoms with van der Waals surface area (Å²) in [5, 5.41) is 30.1. The van der Waals surface area contributed by atoms with Gasteiger partial charge < -0.3 is 20.1 Å². The number of ether oxygens (including phenoxy) is 1. The van der Waals surface area contributed by atoms with Crippen LogP contribution in [0, 0.1) is 17.8 Å². The number of allylic oxidation sites excluding steroid dienone is 2. The van der Waals surface area contributed by atoms with Crippen LogP contribution in [-0.4, -0.2) is 72.1 Å². The Balaban J connectivity index is 1.51. The van der Waals surface area contributed by atoms with Crippen LogP contribution in [0.3, 0.4) is 0 Å². The van der Waals surface area contributed by atoms with Gasteiger partial charge in [-0.1, -0.05) is 27.6 Å². The number of aromatic hydroxyl groups is 2. The summed E-state index contributed by atoms with van der Waals surface area (Å²) >= 11 is 20.9. The van der Waals surface area contributed by atoms with Gasteiger partial charge in [0.05, 0.1) is 34.6 Å². The van der Waals surface area contributed by atoms with Crippen molar-refractivity contribution in [2.24, 2.45) is 17.8 Å². The van der Waals surface area contributed by atoms with E-state index in [4.69, 9.17) is 27.9 Å². The molecule has 3 N–H and O–H groups in total. The minimum Gasteiger partial charge on any atom is -0.507 e. The number of imide groups is 2. The van der Waals surface area contributed by atoms with E-state index in [0.717, 1.165) is 21.9 Å². The van der Waals surface area contributed by atoms with E-state index in [-0.39, 0.29) is 40.0 Å². The highest BCUT2D eigenvalue weighted by atomic mass is 79.9. The standard InChI is InChI=1S/C29H22Br2Cl2N2O9/c1-44-19-7-11(6-17(31)22(19)37)21-13-4-5-15-20(16(13)9-28(32)26(42)34(10-30)27(43)29(21,28)33)24(39)35(23(15)38)12-2-3-14(25(40)41)18(36)8-12/h2-4,6-8,15-16,20-21,36-37H,5,9-10H2,1H3,(H,40,41). The molecule has 2 aliphatic heterocycles. The largest absolute Gasteiger partial charge is 0.507 e. The van der Waals surface area contributed by atoms with Crippen molar-refractivity contribution in [2.75, 3.05) is 17.5 Å². The molecular weight excluding hydrogens is 751 g/mol. The fourth-order valence-corrected chi connectivity index (χ4v) is 9.02. The van der Waals surface area contributed by atoms with Crippen molar-refractivity contribution in [3.8, 4) is 17.2 Å². The second kappa shape index (κ2) is 10.5.